The maximum absolute atomic E-state index is 4.97. The van der Waals surface area contributed by atoms with Gasteiger partial charge in [0.2, 0.25) is 0 Å². The molecule has 0 saturated heterocycles. The zero-order valence-corrected chi connectivity index (χ0v) is 11.2. The fourth-order valence-corrected chi connectivity index (χ4v) is 1.34. The molecular weight excluding hydrogens is 198 g/mol. The number of rotatable bonds is 3. The predicted molar refractivity (Wildman–Crippen MR) is 71.1 cm³/mol. The summed E-state index contributed by atoms with van der Waals surface area (Å²) >= 11 is 0. The number of methoxy groups -OCH3 is 1. The molecule has 2 nitrogen and oxygen atoms in total. The van der Waals surface area contributed by atoms with E-state index in [-0.39, 0.29) is 0 Å². The largest absolute Gasteiger partial charge is 0.365 e. The molecule has 2 unspecified atom stereocenters. The monoisotopic (exact) mass is 223 g/mol. The van der Waals surface area contributed by atoms with Crippen LogP contribution in [0.15, 0.2) is 36.1 Å². The summed E-state index contributed by atoms with van der Waals surface area (Å²) in [6, 6.07) is 0. The van der Waals surface area contributed by atoms with Crippen LogP contribution in [0, 0.1) is 11.8 Å². The number of hydrogen-bond acceptors (Lipinski definition) is 2. The summed E-state index contributed by atoms with van der Waals surface area (Å²) < 4.78 is 4.97. The van der Waals surface area contributed by atoms with Crippen LogP contribution in [0.2, 0.25) is 0 Å². The summed E-state index contributed by atoms with van der Waals surface area (Å²) in [5.41, 5.74) is 1.13. The Balaban J connectivity index is 0.00000106. The lowest BCUT2D eigenvalue weighted by Gasteiger charge is -2.11. The molecule has 0 fully saturated rings. The van der Waals surface area contributed by atoms with Gasteiger partial charge in [-0.3, -0.25) is 0 Å². The Hall–Kier alpha value is -1.02. The summed E-state index contributed by atoms with van der Waals surface area (Å²) in [6.07, 6.45) is 10.9. The molecule has 1 aliphatic carbocycles. The first kappa shape index (κ1) is 15.0. The third kappa shape index (κ3) is 6.46. The summed E-state index contributed by atoms with van der Waals surface area (Å²) in [5.74, 6) is 0.979. The minimum atomic E-state index is 0.474. The zero-order valence-electron chi connectivity index (χ0n) is 11.2. The molecule has 0 saturated carbocycles. The van der Waals surface area contributed by atoms with E-state index in [1.807, 2.05) is 13.8 Å². The van der Waals surface area contributed by atoms with Gasteiger partial charge < -0.3 is 10.1 Å². The van der Waals surface area contributed by atoms with Gasteiger partial charge in [-0.15, -0.1) is 0 Å². The molecule has 0 heterocycles. The molecule has 16 heavy (non-hydrogen) atoms. The molecule has 0 bridgehead atoms. The maximum Gasteiger partial charge on any atom is 0.116 e. The highest BCUT2D eigenvalue weighted by atomic mass is 16.5. The Morgan fingerprint density at radius 3 is 2.38 bits per heavy atom. The lowest BCUT2D eigenvalue weighted by Crippen LogP contribution is -2.16. The minimum Gasteiger partial charge on any atom is -0.365 e. The molecule has 2 atom stereocenters. The average molecular weight is 223 g/mol. The van der Waals surface area contributed by atoms with E-state index in [1.54, 1.807) is 7.11 Å². The van der Waals surface area contributed by atoms with Gasteiger partial charge in [0.05, 0.1) is 0 Å². The van der Waals surface area contributed by atoms with Crippen LogP contribution in [0.5, 0.6) is 0 Å². The number of nitrogens with one attached hydrogen (secondary N) is 1. The Morgan fingerprint density at radius 2 is 1.75 bits per heavy atom. The highest BCUT2D eigenvalue weighted by Crippen LogP contribution is 2.12. The third-order valence-electron chi connectivity index (χ3n) is 2.16. The average Bonchev–Trinajstić information content (AvgIpc) is 2.30. The summed E-state index contributed by atoms with van der Waals surface area (Å²) in [7, 11) is 1.69. The van der Waals surface area contributed by atoms with Crippen LogP contribution in [-0.4, -0.2) is 13.8 Å². The van der Waals surface area contributed by atoms with Crippen LogP contribution in [0.4, 0.5) is 0 Å². The van der Waals surface area contributed by atoms with Gasteiger partial charge in [-0.25, -0.2) is 0 Å². The van der Waals surface area contributed by atoms with Crippen LogP contribution in [-0.2, 0) is 4.74 Å². The topological polar surface area (TPSA) is 21.3 Å². The van der Waals surface area contributed by atoms with E-state index in [0.29, 0.717) is 18.6 Å². The Kier molecular flexibility index (Phi) is 8.64. The van der Waals surface area contributed by atoms with Gasteiger partial charge in [0.15, 0.2) is 0 Å². The molecule has 0 radical (unpaired) electrons. The molecule has 92 valence electrons. The Labute approximate surface area is 100 Å². The van der Waals surface area contributed by atoms with Gasteiger partial charge in [0.1, 0.15) is 6.73 Å². The van der Waals surface area contributed by atoms with Crippen molar-refractivity contribution in [3.05, 3.63) is 36.1 Å². The second-order valence-corrected chi connectivity index (χ2v) is 3.69. The van der Waals surface area contributed by atoms with E-state index in [2.05, 4.69) is 49.5 Å². The fourth-order valence-electron chi connectivity index (χ4n) is 1.34. The SMILES string of the molecule is CC.COCNC1=C/C(C)/C=C\C(C)/C=C\1. The molecule has 1 aliphatic rings. The first-order chi connectivity index (χ1) is 7.72. The summed E-state index contributed by atoms with van der Waals surface area (Å²) in [5, 5.41) is 3.21. The molecule has 0 aromatic heterocycles. The van der Waals surface area contributed by atoms with Crippen LogP contribution in [0.25, 0.3) is 0 Å². The molecule has 0 aromatic carbocycles. The van der Waals surface area contributed by atoms with Gasteiger partial charge >= 0.3 is 0 Å². The normalized spacial score (nSPS) is 30.9. The molecule has 0 amide bonds. The summed E-state index contributed by atoms with van der Waals surface area (Å²) in [6.45, 7) is 8.91. The van der Waals surface area contributed by atoms with Crippen molar-refractivity contribution in [1.29, 1.82) is 0 Å². The molecule has 2 heteroatoms. The van der Waals surface area contributed by atoms with Gasteiger partial charge in [0.25, 0.3) is 0 Å². The quantitative estimate of drug-likeness (QED) is 0.584. The summed E-state index contributed by atoms with van der Waals surface area (Å²) in [4.78, 5) is 0. The van der Waals surface area contributed by atoms with Crippen molar-refractivity contribution in [2.75, 3.05) is 13.8 Å². The van der Waals surface area contributed by atoms with E-state index in [0.717, 1.165) is 5.70 Å². The smallest absolute Gasteiger partial charge is 0.116 e. The number of allylic oxidation sites excluding steroid dienone is 5. The number of ether oxygens (including phenoxy) is 1. The molecule has 0 aliphatic heterocycles. The first-order valence-electron chi connectivity index (χ1n) is 6.03. The molecule has 0 aromatic rings. The van der Waals surface area contributed by atoms with Crippen LogP contribution in [0.3, 0.4) is 0 Å². The van der Waals surface area contributed by atoms with Gasteiger partial charge in [-0.05, 0) is 17.9 Å². The van der Waals surface area contributed by atoms with Crippen molar-refractivity contribution < 1.29 is 4.74 Å². The maximum atomic E-state index is 4.97. The highest BCUT2D eigenvalue weighted by Gasteiger charge is 2.00. The van der Waals surface area contributed by atoms with Crippen molar-refractivity contribution in [3.8, 4) is 0 Å². The van der Waals surface area contributed by atoms with Crippen molar-refractivity contribution in [3.63, 3.8) is 0 Å². The van der Waals surface area contributed by atoms with E-state index in [4.69, 9.17) is 4.74 Å². The second-order valence-electron chi connectivity index (χ2n) is 3.69. The van der Waals surface area contributed by atoms with E-state index >= 15 is 0 Å². The standard InChI is InChI=1S/C12H19NO.C2H6/c1-10-4-5-11(2)8-12(7-6-10)13-9-14-3;1-2/h4-8,10-11,13H,9H2,1-3H3;1-2H3/b5-4-,7-6-,12-8+;. The van der Waals surface area contributed by atoms with Crippen LogP contribution < -0.4 is 5.32 Å². The molecule has 1 N–H and O–H groups in total. The van der Waals surface area contributed by atoms with Crippen molar-refractivity contribution in [1.82, 2.24) is 5.32 Å². The van der Waals surface area contributed by atoms with E-state index in [9.17, 15) is 0 Å². The predicted octanol–water partition coefficient (Wildman–Crippen LogP) is 3.49. The van der Waals surface area contributed by atoms with E-state index < -0.39 is 0 Å². The third-order valence-corrected chi connectivity index (χ3v) is 2.16. The molecule has 0 spiro atoms. The first-order valence-corrected chi connectivity index (χ1v) is 6.03. The molecular formula is C14H25NO. The number of hydrogen-bond donors (Lipinski definition) is 1. The van der Waals surface area contributed by atoms with Gasteiger partial charge in [0, 0.05) is 12.8 Å². The van der Waals surface area contributed by atoms with Crippen molar-refractivity contribution in [2.24, 2.45) is 11.8 Å². The van der Waals surface area contributed by atoms with Gasteiger partial charge in [-0.1, -0.05) is 52.0 Å². The zero-order chi connectivity index (χ0) is 12.4. The van der Waals surface area contributed by atoms with Crippen LogP contribution in [0.1, 0.15) is 27.7 Å². The Bertz CT molecular complexity index is 253. The Morgan fingerprint density at radius 1 is 1.12 bits per heavy atom. The fraction of sp³-hybridized carbons (Fsp3) is 0.571. The van der Waals surface area contributed by atoms with Crippen molar-refractivity contribution >= 4 is 0 Å². The van der Waals surface area contributed by atoms with E-state index in [1.165, 1.54) is 0 Å². The van der Waals surface area contributed by atoms with Crippen molar-refractivity contribution in [2.45, 2.75) is 27.7 Å². The highest BCUT2D eigenvalue weighted by molar-refractivity contribution is 5.23. The van der Waals surface area contributed by atoms with Gasteiger partial charge in [-0.2, -0.15) is 0 Å². The lowest BCUT2D eigenvalue weighted by atomic mass is 10.0. The minimum absolute atomic E-state index is 0.474. The lowest BCUT2D eigenvalue weighted by molar-refractivity contribution is 0.185. The second kappa shape index (κ2) is 9.22. The van der Waals surface area contributed by atoms with Crippen LogP contribution >= 0.6 is 0 Å². The molecule has 1 rings (SSSR count).